The van der Waals surface area contributed by atoms with Gasteiger partial charge in [0, 0.05) is 42.2 Å². The molecule has 1 atom stereocenters. The largest absolute Gasteiger partial charge is 0.473 e. The van der Waals surface area contributed by atoms with E-state index in [2.05, 4.69) is 26.7 Å². The summed E-state index contributed by atoms with van der Waals surface area (Å²) in [4.78, 5) is 25.2. The van der Waals surface area contributed by atoms with Gasteiger partial charge in [-0.15, -0.1) is 0 Å². The molecule has 7 rings (SSSR count). The fraction of sp³-hybridized carbons (Fsp3) is 0.429. The predicted octanol–water partition coefficient (Wildman–Crippen LogP) is 5.78. The second-order valence-electron chi connectivity index (χ2n) is 13.1. The Bertz CT molecular complexity index is 1810. The number of carbonyl (C=O) groups excluding carboxylic acids is 1. The molecule has 6 heterocycles. The highest BCUT2D eigenvalue weighted by Gasteiger charge is 2.27. The third-order valence-corrected chi connectivity index (χ3v) is 8.66. The number of benzene rings is 1. The first kappa shape index (κ1) is 29.4. The Morgan fingerprint density at radius 3 is 2.62 bits per heavy atom. The summed E-state index contributed by atoms with van der Waals surface area (Å²) in [5.74, 6) is 1.71. The molecule has 2 saturated heterocycles. The molecule has 10 heteroatoms. The summed E-state index contributed by atoms with van der Waals surface area (Å²) in [6.07, 6.45) is 6.97. The lowest BCUT2D eigenvalue weighted by Crippen LogP contribution is -2.35. The van der Waals surface area contributed by atoms with Gasteiger partial charge >= 0.3 is 5.97 Å². The van der Waals surface area contributed by atoms with E-state index in [1.54, 1.807) is 6.20 Å². The molecule has 5 aromatic rings. The van der Waals surface area contributed by atoms with Gasteiger partial charge in [-0.25, -0.2) is 19.3 Å². The molecular formula is C35H40N6O4. The maximum atomic E-state index is 12.8. The van der Waals surface area contributed by atoms with E-state index in [0.29, 0.717) is 24.0 Å². The average molecular weight is 609 g/mol. The molecule has 234 valence electrons. The van der Waals surface area contributed by atoms with Crippen molar-refractivity contribution in [3.63, 3.8) is 0 Å². The van der Waals surface area contributed by atoms with E-state index in [9.17, 15) is 4.79 Å². The van der Waals surface area contributed by atoms with Gasteiger partial charge in [0.2, 0.25) is 5.88 Å². The molecule has 2 aliphatic rings. The van der Waals surface area contributed by atoms with E-state index in [1.165, 1.54) is 0 Å². The topological polar surface area (TPSA) is 96.0 Å². The summed E-state index contributed by atoms with van der Waals surface area (Å²) in [6, 6.07) is 17.8. The summed E-state index contributed by atoms with van der Waals surface area (Å²) in [5.41, 5.74) is 5.02. The van der Waals surface area contributed by atoms with Gasteiger partial charge in [-0.05, 0) is 89.5 Å². The number of imidazole rings is 1. The third kappa shape index (κ3) is 6.57. The van der Waals surface area contributed by atoms with Crippen LogP contribution in [-0.4, -0.2) is 66.4 Å². The molecule has 0 amide bonds. The fourth-order valence-electron chi connectivity index (χ4n) is 6.21. The first-order chi connectivity index (χ1) is 21.8. The van der Waals surface area contributed by atoms with Gasteiger partial charge in [-0.1, -0.05) is 12.1 Å². The highest BCUT2D eigenvalue weighted by Crippen LogP contribution is 2.30. The molecule has 0 spiro atoms. The molecule has 0 radical (unpaired) electrons. The van der Waals surface area contributed by atoms with Crippen molar-refractivity contribution in [2.45, 2.75) is 77.4 Å². The van der Waals surface area contributed by atoms with Crippen molar-refractivity contribution >= 4 is 22.5 Å². The minimum Gasteiger partial charge on any atom is -0.473 e. The lowest BCUT2D eigenvalue weighted by Gasteiger charge is -2.32. The van der Waals surface area contributed by atoms with Crippen LogP contribution in [0.2, 0.25) is 0 Å². The van der Waals surface area contributed by atoms with Crippen LogP contribution >= 0.6 is 0 Å². The zero-order chi connectivity index (χ0) is 31.0. The highest BCUT2D eigenvalue weighted by atomic mass is 16.6. The number of nitrogens with zero attached hydrogens (tertiary/aromatic N) is 6. The van der Waals surface area contributed by atoms with Crippen molar-refractivity contribution < 1.29 is 19.0 Å². The van der Waals surface area contributed by atoms with Gasteiger partial charge in [0.05, 0.1) is 41.3 Å². The van der Waals surface area contributed by atoms with Crippen molar-refractivity contribution in [2.24, 2.45) is 0 Å². The van der Waals surface area contributed by atoms with Crippen LogP contribution in [-0.2, 0) is 29.2 Å². The zero-order valence-corrected chi connectivity index (χ0v) is 26.2. The van der Waals surface area contributed by atoms with Crippen molar-refractivity contribution in [3.05, 3.63) is 89.6 Å². The molecule has 0 unspecified atom stereocenters. The molecule has 0 aliphatic carbocycles. The van der Waals surface area contributed by atoms with Gasteiger partial charge in [0.25, 0.3) is 0 Å². The molecule has 2 fully saturated rings. The fourth-order valence-corrected chi connectivity index (χ4v) is 6.21. The summed E-state index contributed by atoms with van der Waals surface area (Å²) in [7, 11) is 0. The Morgan fingerprint density at radius 2 is 1.84 bits per heavy atom. The number of esters is 1. The summed E-state index contributed by atoms with van der Waals surface area (Å²) in [5, 5.41) is 4.31. The van der Waals surface area contributed by atoms with Crippen LogP contribution in [0.15, 0.2) is 67.0 Å². The second kappa shape index (κ2) is 12.3. The number of aromatic nitrogens is 5. The number of hydrogen-bond donors (Lipinski definition) is 0. The predicted molar refractivity (Wildman–Crippen MR) is 170 cm³/mol. The highest BCUT2D eigenvalue weighted by molar-refractivity contribution is 5.94. The number of carbonyl (C=O) groups is 1. The minimum absolute atomic E-state index is 0.172. The first-order valence-corrected chi connectivity index (χ1v) is 15.9. The van der Waals surface area contributed by atoms with Crippen LogP contribution in [0.3, 0.4) is 0 Å². The Kier molecular flexibility index (Phi) is 8.01. The quantitative estimate of drug-likeness (QED) is 0.194. The lowest BCUT2D eigenvalue weighted by atomic mass is 9.93. The zero-order valence-electron chi connectivity index (χ0n) is 26.2. The second-order valence-corrected chi connectivity index (χ2v) is 13.1. The summed E-state index contributed by atoms with van der Waals surface area (Å²) >= 11 is 0. The number of piperidine rings is 1. The molecule has 0 saturated carbocycles. The van der Waals surface area contributed by atoms with E-state index in [4.69, 9.17) is 24.2 Å². The molecular weight excluding hydrogens is 568 g/mol. The number of pyridine rings is 2. The molecule has 10 nitrogen and oxygen atoms in total. The monoisotopic (exact) mass is 608 g/mol. The van der Waals surface area contributed by atoms with Crippen LogP contribution in [0.1, 0.15) is 73.4 Å². The molecule has 2 aliphatic heterocycles. The lowest BCUT2D eigenvalue weighted by molar-refractivity contribution is -0.0592. The maximum absolute atomic E-state index is 12.8. The maximum Gasteiger partial charge on any atom is 0.338 e. The minimum atomic E-state index is -0.552. The van der Waals surface area contributed by atoms with Gasteiger partial charge in [-0.2, -0.15) is 5.10 Å². The van der Waals surface area contributed by atoms with Crippen molar-refractivity contribution in [3.8, 4) is 5.88 Å². The van der Waals surface area contributed by atoms with Crippen LogP contribution in [0.25, 0.3) is 16.6 Å². The third-order valence-electron chi connectivity index (χ3n) is 8.66. The Balaban J connectivity index is 1.02. The Hall–Kier alpha value is -4.28. The normalized spacial score (nSPS) is 17.9. The van der Waals surface area contributed by atoms with E-state index >= 15 is 0 Å². The van der Waals surface area contributed by atoms with Gasteiger partial charge < -0.3 is 18.8 Å². The molecule has 45 heavy (non-hydrogen) atoms. The van der Waals surface area contributed by atoms with E-state index in [1.807, 2.05) is 73.9 Å². The van der Waals surface area contributed by atoms with Crippen LogP contribution in [0.5, 0.6) is 5.88 Å². The van der Waals surface area contributed by atoms with Crippen molar-refractivity contribution in [1.29, 1.82) is 0 Å². The van der Waals surface area contributed by atoms with E-state index in [-0.39, 0.29) is 12.1 Å². The number of hydrogen-bond acceptors (Lipinski definition) is 8. The molecule has 0 bridgehead atoms. The number of fused-ring (bicyclic) bond motifs is 2. The Labute approximate surface area is 262 Å². The number of ether oxygens (including phenoxy) is 3. The first-order valence-electron chi connectivity index (χ1n) is 15.9. The van der Waals surface area contributed by atoms with Crippen LogP contribution in [0, 0.1) is 0 Å². The Morgan fingerprint density at radius 1 is 1.00 bits per heavy atom. The average Bonchev–Trinajstić information content (AvgIpc) is 3.62. The van der Waals surface area contributed by atoms with Gasteiger partial charge in [0.1, 0.15) is 18.0 Å². The van der Waals surface area contributed by atoms with Crippen LogP contribution < -0.4 is 4.74 Å². The number of rotatable bonds is 9. The van der Waals surface area contributed by atoms with Crippen molar-refractivity contribution in [2.75, 3.05) is 19.7 Å². The standard InChI is InChI=1S/C35H40N6O4/c1-35(2,3)45-34(42)25-9-10-29-31(20-25)40(21-27-14-19-43-27)32(37-29)22-39-17-12-24(13-18-39)28-7-4-8-33(38-28)44-23-26-6-5-16-41-30(26)11-15-36-41/h4-11,15-16,20,24,27H,12-14,17-19,21-23H2,1-3H3/t27-/m0/s1. The summed E-state index contributed by atoms with van der Waals surface area (Å²) in [6.45, 7) is 10.3. The van der Waals surface area contributed by atoms with Crippen LogP contribution in [0.4, 0.5) is 0 Å². The SMILES string of the molecule is CC(C)(C)OC(=O)c1ccc2nc(CN3CCC(c4cccc(OCc5cccn6nccc56)n4)CC3)n(C[C@@H]3CCO3)c2c1. The van der Waals surface area contributed by atoms with Gasteiger partial charge in [0.15, 0.2) is 0 Å². The molecule has 4 aromatic heterocycles. The number of likely N-dealkylation sites (tertiary alicyclic amines) is 1. The van der Waals surface area contributed by atoms with E-state index in [0.717, 1.165) is 85.7 Å². The molecule has 0 N–H and O–H groups in total. The van der Waals surface area contributed by atoms with Crippen molar-refractivity contribution in [1.82, 2.24) is 29.0 Å². The summed E-state index contributed by atoms with van der Waals surface area (Å²) < 4.78 is 21.7. The molecule has 1 aromatic carbocycles. The smallest absolute Gasteiger partial charge is 0.338 e. The van der Waals surface area contributed by atoms with Gasteiger partial charge in [-0.3, -0.25) is 4.90 Å². The van der Waals surface area contributed by atoms with E-state index < -0.39 is 5.60 Å².